The van der Waals surface area contributed by atoms with Gasteiger partial charge in [-0.3, -0.25) is 0 Å². The van der Waals surface area contributed by atoms with Crippen LogP contribution in [0.25, 0.3) is 0 Å². The van der Waals surface area contributed by atoms with Gasteiger partial charge in [0.15, 0.2) is 0 Å². The minimum Gasteiger partial charge on any atom is -0.389 e. The van der Waals surface area contributed by atoms with E-state index in [9.17, 15) is 13.5 Å². The first kappa shape index (κ1) is 14.6. The Kier molecular flexibility index (Phi) is 4.35. The molecule has 0 saturated carbocycles. The van der Waals surface area contributed by atoms with Gasteiger partial charge < -0.3 is 5.11 Å². The van der Waals surface area contributed by atoms with Crippen LogP contribution in [0.15, 0.2) is 27.6 Å². The van der Waals surface area contributed by atoms with E-state index >= 15 is 0 Å². The highest BCUT2D eigenvalue weighted by Gasteiger charge is 2.19. The van der Waals surface area contributed by atoms with E-state index in [4.69, 9.17) is 0 Å². The van der Waals surface area contributed by atoms with E-state index in [1.54, 1.807) is 26.0 Å². The van der Waals surface area contributed by atoms with Gasteiger partial charge >= 0.3 is 0 Å². The second-order valence-electron chi connectivity index (χ2n) is 4.55. The van der Waals surface area contributed by atoms with Gasteiger partial charge in [0, 0.05) is 11.0 Å². The summed E-state index contributed by atoms with van der Waals surface area (Å²) in [5, 5.41) is 9.49. The zero-order valence-electron chi connectivity index (χ0n) is 9.99. The lowest BCUT2D eigenvalue weighted by molar-refractivity contribution is 0.0857. The molecule has 0 unspecified atom stereocenters. The first-order valence-electron chi connectivity index (χ1n) is 5.10. The van der Waals surface area contributed by atoms with Crippen molar-refractivity contribution in [2.75, 3.05) is 6.54 Å². The van der Waals surface area contributed by atoms with Gasteiger partial charge in [-0.15, -0.1) is 0 Å². The normalized spacial score (nSPS) is 12.8. The number of aryl methyl sites for hydroxylation is 1. The molecule has 2 N–H and O–H groups in total. The molecule has 96 valence electrons. The molecule has 1 aromatic rings. The number of benzene rings is 1. The molecule has 0 fully saturated rings. The molecular formula is C11H16BrNO3S. The maximum atomic E-state index is 11.9. The smallest absolute Gasteiger partial charge is 0.240 e. The number of halogens is 1. The minimum absolute atomic E-state index is 0.0234. The van der Waals surface area contributed by atoms with E-state index in [2.05, 4.69) is 20.7 Å². The number of nitrogens with one attached hydrogen (secondary N) is 1. The molecule has 0 bridgehead atoms. The van der Waals surface area contributed by atoms with Crippen molar-refractivity contribution >= 4 is 26.0 Å². The second kappa shape index (κ2) is 5.06. The summed E-state index contributed by atoms with van der Waals surface area (Å²) < 4.78 is 27.0. The van der Waals surface area contributed by atoms with Crippen LogP contribution in [0.5, 0.6) is 0 Å². The zero-order valence-corrected chi connectivity index (χ0v) is 12.4. The number of aliphatic hydroxyl groups is 1. The van der Waals surface area contributed by atoms with E-state index in [0.717, 1.165) is 10.0 Å². The Bertz CT molecular complexity index is 506. The highest BCUT2D eigenvalue weighted by Crippen LogP contribution is 2.20. The van der Waals surface area contributed by atoms with Crippen LogP contribution in [0.2, 0.25) is 0 Å². The van der Waals surface area contributed by atoms with E-state index in [0.29, 0.717) is 0 Å². The van der Waals surface area contributed by atoms with Crippen LogP contribution in [0.1, 0.15) is 19.4 Å². The molecule has 1 aromatic carbocycles. The molecule has 0 spiro atoms. The standard InChI is InChI=1S/C11H16BrNO3S/c1-8-6-9(4-5-10(8)12)17(15,16)13-7-11(2,3)14/h4-6,13-14H,7H2,1-3H3. The van der Waals surface area contributed by atoms with Crippen molar-refractivity contribution in [1.29, 1.82) is 0 Å². The summed E-state index contributed by atoms with van der Waals surface area (Å²) in [6.45, 7) is 4.88. The Morgan fingerprint density at radius 3 is 2.47 bits per heavy atom. The summed E-state index contributed by atoms with van der Waals surface area (Å²) in [5.74, 6) is 0. The van der Waals surface area contributed by atoms with Crippen molar-refractivity contribution in [3.8, 4) is 0 Å². The first-order chi connectivity index (χ1) is 7.62. The summed E-state index contributed by atoms with van der Waals surface area (Å²) in [6, 6.07) is 4.79. The monoisotopic (exact) mass is 321 g/mol. The minimum atomic E-state index is -3.56. The van der Waals surface area contributed by atoms with Crippen molar-refractivity contribution in [3.05, 3.63) is 28.2 Å². The third-order valence-corrected chi connectivity index (χ3v) is 4.42. The largest absolute Gasteiger partial charge is 0.389 e. The Hall–Kier alpha value is -0.430. The fourth-order valence-electron chi connectivity index (χ4n) is 1.14. The predicted octanol–water partition coefficient (Wildman–Crippen LogP) is 1.81. The first-order valence-corrected chi connectivity index (χ1v) is 7.38. The van der Waals surface area contributed by atoms with Gasteiger partial charge in [-0.1, -0.05) is 15.9 Å². The lowest BCUT2D eigenvalue weighted by Crippen LogP contribution is -2.38. The summed E-state index contributed by atoms with van der Waals surface area (Å²) >= 11 is 3.31. The number of sulfonamides is 1. The maximum Gasteiger partial charge on any atom is 0.240 e. The van der Waals surface area contributed by atoms with Crippen molar-refractivity contribution in [2.45, 2.75) is 31.3 Å². The van der Waals surface area contributed by atoms with E-state index < -0.39 is 15.6 Å². The average Bonchev–Trinajstić information content (AvgIpc) is 2.18. The van der Waals surface area contributed by atoms with E-state index in [1.807, 2.05) is 6.92 Å². The number of hydrogen-bond acceptors (Lipinski definition) is 3. The highest BCUT2D eigenvalue weighted by molar-refractivity contribution is 9.10. The summed E-state index contributed by atoms with van der Waals surface area (Å²) in [7, 11) is -3.56. The molecule has 17 heavy (non-hydrogen) atoms. The Balaban J connectivity index is 2.94. The molecule has 0 aromatic heterocycles. The fraction of sp³-hybridized carbons (Fsp3) is 0.455. The molecule has 0 amide bonds. The molecule has 4 nitrogen and oxygen atoms in total. The van der Waals surface area contributed by atoms with Crippen molar-refractivity contribution in [3.63, 3.8) is 0 Å². The quantitative estimate of drug-likeness (QED) is 0.888. The van der Waals surface area contributed by atoms with Crippen LogP contribution in [0.4, 0.5) is 0 Å². The molecule has 0 aliphatic heterocycles. The van der Waals surface area contributed by atoms with Gasteiger partial charge in [0.2, 0.25) is 10.0 Å². The third-order valence-electron chi connectivity index (χ3n) is 2.13. The van der Waals surface area contributed by atoms with Crippen LogP contribution < -0.4 is 4.72 Å². The van der Waals surface area contributed by atoms with Crippen LogP contribution >= 0.6 is 15.9 Å². The molecule has 6 heteroatoms. The highest BCUT2D eigenvalue weighted by atomic mass is 79.9. The summed E-state index contributed by atoms with van der Waals surface area (Å²) in [4.78, 5) is 0.197. The third kappa shape index (κ3) is 4.39. The van der Waals surface area contributed by atoms with Gasteiger partial charge in [-0.2, -0.15) is 0 Å². The maximum absolute atomic E-state index is 11.9. The molecule has 0 aliphatic rings. The van der Waals surface area contributed by atoms with E-state index in [-0.39, 0.29) is 11.4 Å². The van der Waals surface area contributed by atoms with Crippen molar-refractivity contribution in [1.82, 2.24) is 4.72 Å². The summed E-state index contributed by atoms with van der Waals surface area (Å²) in [6.07, 6.45) is 0. The number of hydrogen-bond donors (Lipinski definition) is 2. The SMILES string of the molecule is Cc1cc(S(=O)(=O)NCC(C)(C)O)ccc1Br. The molecule has 0 atom stereocenters. The molecule has 0 aliphatic carbocycles. The lowest BCUT2D eigenvalue weighted by Gasteiger charge is -2.17. The van der Waals surface area contributed by atoms with Gasteiger partial charge in [-0.05, 0) is 44.5 Å². The summed E-state index contributed by atoms with van der Waals surface area (Å²) in [5.41, 5.74) is -0.228. The van der Waals surface area contributed by atoms with Crippen LogP contribution in [-0.2, 0) is 10.0 Å². The van der Waals surface area contributed by atoms with Gasteiger partial charge in [0.1, 0.15) is 0 Å². The van der Waals surface area contributed by atoms with E-state index in [1.165, 1.54) is 6.07 Å². The van der Waals surface area contributed by atoms with Gasteiger partial charge in [-0.25, -0.2) is 13.1 Å². The molecular weight excluding hydrogens is 306 g/mol. The fourth-order valence-corrected chi connectivity index (χ4v) is 2.67. The Morgan fingerprint density at radius 2 is 2.00 bits per heavy atom. The van der Waals surface area contributed by atoms with Crippen molar-refractivity contribution < 1.29 is 13.5 Å². The van der Waals surface area contributed by atoms with Crippen LogP contribution in [0, 0.1) is 6.92 Å². The van der Waals surface area contributed by atoms with Crippen molar-refractivity contribution in [2.24, 2.45) is 0 Å². The lowest BCUT2D eigenvalue weighted by atomic mass is 10.1. The van der Waals surface area contributed by atoms with Crippen LogP contribution in [-0.4, -0.2) is 25.7 Å². The average molecular weight is 322 g/mol. The van der Waals surface area contributed by atoms with Gasteiger partial charge in [0.25, 0.3) is 0 Å². The molecule has 0 saturated heterocycles. The number of rotatable bonds is 4. The molecule has 0 radical (unpaired) electrons. The second-order valence-corrected chi connectivity index (χ2v) is 7.17. The Morgan fingerprint density at radius 1 is 1.41 bits per heavy atom. The Labute approximate surface area is 110 Å². The van der Waals surface area contributed by atoms with Gasteiger partial charge in [0.05, 0.1) is 10.5 Å². The predicted molar refractivity (Wildman–Crippen MR) is 70.4 cm³/mol. The molecule has 1 rings (SSSR count). The molecule has 0 heterocycles. The van der Waals surface area contributed by atoms with Crippen LogP contribution in [0.3, 0.4) is 0 Å². The topological polar surface area (TPSA) is 66.4 Å². The zero-order chi connectivity index (χ0) is 13.3.